The molecule has 25 heavy (non-hydrogen) atoms. The van der Waals surface area contributed by atoms with Crippen molar-refractivity contribution < 1.29 is 22.8 Å². The Kier molecular flexibility index (Phi) is 6.08. The molecule has 1 saturated heterocycles. The van der Waals surface area contributed by atoms with Gasteiger partial charge in [0, 0.05) is 38.2 Å². The third-order valence-corrected chi connectivity index (χ3v) is 4.29. The van der Waals surface area contributed by atoms with Crippen molar-refractivity contribution in [3.63, 3.8) is 0 Å². The molecule has 4 nitrogen and oxygen atoms in total. The van der Waals surface area contributed by atoms with Gasteiger partial charge in [-0.3, -0.25) is 9.59 Å². The molecule has 0 bridgehead atoms. The number of rotatable bonds is 4. The van der Waals surface area contributed by atoms with Crippen LogP contribution in [-0.4, -0.2) is 47.8 Å². The van der Waals surface area contributed by atoms with Gasteiger partial charge >= 0.3 is 6.18 Å². The van der Waals surface area contributed by atoms with Crippen LogP contribution < -0.4 is 0 Å². The van der Waals surface area contributed by atoms with Gasteiger partial charge in [0.2, 0.25) is 5.91 Å². The zero-order valence-corrected chi connectivity index (χ0v) is 14.5. The lowest BCUT2D eigenvalue weighted by Crippen LogP contribution is -2.50. The van der Waals surface area contributed by atoms with E-state index in [1.54, 1.807) is 4.90 Å². The smallest absolute Gasteiger partial charge is 0.339 e. The SMILES string of the molecule is CC(C)CCC(=O)N1CCN(C(=O)c2cccc(C(F)(F)F)c2)CC1. The molecule has 1 aliphatic heterocycles. The molecule has 0 unspecified atom stereocenters. The van der Waals surface area contributed by atoms with Crippen LogP contribution in [0.3, 0.4) is 0 Å². The molecule has 0 N–H and O–H groups in total. The lowest BCUT2D eigenvalue weighted by Gasteiger charge is -2.35. The van der Waals surface area contributed by atoms with Crippen molar-refractivity contribution >= 4 is 11.8 Å². The van der Waals surface area contributed by atoms with Crippen LogP contribution in [0.1, 0.15) is 42.6 Å². The molecule has 2 rings (SSSR count). The highest BCUT2D eigenvalue weighted by Gasteiger charge is 2.32. The van der Waals surface area contributed by atoms with Gasteiger partial charge in [-0.25, -0.2) is 0 Å². The van der Waals surface area contributed by atoms with Crippen LogP contribution in [0.5, 0.6) is 0 Å². The standard InChI is InChI=1S/C18H23F3N2O2/c1-13(2)6-7-16(24)22-8-10-23(11-9-22)17(25)14-4-3-5-15(12-14)18(19,20)21/h3-5,12-13H,6-11H2,1-2H3. The summed E-state index contributed by atoms with van der Waals surface area (Å²) in [6, 6.07) is 4.45. The first kappa shape index (κ1) is 19.3. The summed E-state index contributed by atoms with van der Waals surface area (Å²) in [4.78, 5) is 27.7. The molecular weight excluding hydrogens is 333 g/mol. The third kappa shape index (κ3) is 5.21. The maximum Gasteiger partial charge on any atom is 0.416 e. The summed E-state index contributed by atoms with van der Waals surface area (Å²) < 4.78 is 38.3. The van der Waals surface area contributed by atoms with Crippen LogP contribution in [-0.2, 0) is 11.0 Å². The summed E-state index contributed by atoms with van der Waals surface area (Å²) in [7, 11) is 0. The topological polar surface area (TPSA) is 40.6 Å². The van der Waals surface area contributed by atoms with Gasteiger partial charge in [-0.2, -0.15) is 13.2 Å². The number of benzene rings is 1. The Bertz CT molecular complexity index is 621. The minimum Gasteiger partial charge on any atom is -0.339 e. The van der Waals surface area contributed by atoms with E-state index in [0.29, 0.717) is 38.5 Å². The van der Waals surface area contributed by atoms with E-state index in [-0.39, 0.29) is 11.5 Å². The maximum atomic E-state index is 12.8. The molecule has 7 heteroatoms. The molecule has 0 radical (unpaired) electrons. The number of piperazine rings is 1. The van der Waals surface area contributed by atoms with Gasteiger partial charge in [0.1, 0.15) is 0 Å². The lowest BCUT2D eigenvalue weighted by molar-refractivity contribution is -0.137. The fraction of sp³-hybridized carbons (Fsp3) is 0.556. The highest BCUT2D eigenvalue weighted by atomic mass is 19.4. The van der Waals surface area contributed by atoms with E-state index >= 15 is 0 Å². The molecule has 0 aromatic heterocycles. The number of alkyl halides is 3. The lowest BCUT2D eigenvalue weighted by atomic mass is 10.1. The molecule has 0 atom stereocenters. The Balaban J connectivity index is 1.94. The zero-order valence-electron chi connectivity index (χ0n) is 14.5. The normalized spacial score (nSPS) is 15.6. The molecule has 0 aliphatic carbocycles. The Morgan fingerprint density at radius 3 is 2.24 bits per heavy atom. The van der Waals surface area contributed by atoms with E-state index in [1.807, 2.05) is 0 Å². The van der Waals surface area contributed by atoms with E-state index in [1.165, 1.54) is 17.0 Å². The number of carbonyl (C=O) groups excluding carboxylic acids is 2. The molecular formula is C18H23F3N2O2. The molecule has 138 valence electrons. The molecule has 0 saturated carbocycles. The van der Waals surface area contributed by atoms with Gasteiger partial charge in [-0.15, -0.1) is 0 Å². The van der Waals surface area contributed by atoms with Crippen molar-refractivity contribution in [1.82, 2.24) is 9.80 Å². The van der Waals surface area contributed by atoms with Gasteiger partial charge in [-0.05, 0) is 30.5 Å². The van der Waals surface area contributed by atoms with Gasteiger partial charge in [0.25, 0.3) is 5.91 Å². The predicted molar refractivity (Wildman–Crippen MR) is 88.0 cm³/mol. The highest BCUT2D eigenvalue weighted by molar-refractivity contribution is 5.94. The Hall–Kier alpha value is -2.05. The fourth-order valence-electron chi connectivity index (χ4n) is 2.74. The van der Waals surface area contributed by atoms with E-state index in [9.17, 15) is 22.8 Å². The van der Waals surface area contributed by atoms with Crippen LogP contribution in [0.2, 0.25) is 0 Å². The quantitative estimate of drug-likeness (QED) is 0.829. The van der Waals surface area contributed by atoms with Crippen molar-refractivity contribution in [2.75, 3.05) is 26.2 Å². The second-order valence-corrected chi connectivity index (χ2v) is 6.68. The average molecular weight is 356 g/mol. The summed E-state index contributed by atoms with van der Waals surface area (Å²) in [5.41, 5.74) is -0.810. The molecule has 1 aliphatic rings. The van der Waals surface area contributed by atoms with Gasteiger partial charge in [0.15, 0.2) is 0 Å². The zero-order chi connectivity index (χ0) is 18.6. The van der Waals surface area contributed by atoms with E-state index < -0.39 is 17.6 Å². The molecule has 2 amide bonds. The van der Waals surface area contributed by atoms with Crippen molar-refractivity contribution in [2.45, 2.75) is 32.9 Å². The molecule has 0 spiro atoms. The Morgan fingerprint density at radius 2 is 1.68 bits per heavy atom. The first-order valence-corrected chi connectivity index (χ1v) is 8.43. The number of hydrogen-bond donors (Lipinski definition) is 0. The summed E-state index contributed by atoms with van der Waals surface area (Å²) in [6.07, 6.45) is -3.17. The van der Waals surface area contributed by atoms with Gasteiger partial charge in [0.05, 0.1) is 5.56 Å². The maximum absolute atomic E-state index is 12.8. The first-order valence-electron chi connectivity index (χ1n) is 8.43. The number of carbonyl (C=O) groups is 2. The van der Waals surface area contributed by atoms with Crippen LogP contribution in [0.4, 0.5) is 13.2 Å². The highest BCUT2D eigenvalue weighted by Crippen LogP contribution is 2.29. The molecule has 1 aromatic carbocycles. The Morgan fingerprint density at radius 1 is 1.08 bits per heavy atom. The number of amides is 2. The van der Waals surface area contributed by atoms with Crippen molar-refractivity contribution in [1.29, 1.82) is 0 Å². The minimum atomic E-state index is -4.47. The van der Waals surface area contributed by atoms with Crippen LogP contribution in [0, 0.1) is 5.92 Å². The second kappa shape index (κ2) is 7.89. The number of hydrogen-bond acceptors (Lipinski definition) is 2. The van der Waals surface area contributed by atoms with E-state index in [2.05, 4.69) is 13.8 Å². The summed E-state index contributed by atoms with van der Waals surface area (Å²) in [6.45, 7) is 5.62. The number of halogens is 3. The predicted octanol–water partition coefficient (Wildman–Crippen LogP) is 3.43. The van der Waals surface area contributed by atoms with Crippen molar-refractivity contribution in [2.24, 2.45) is 5.92 Å². The summed E-state index contributed by atoms with van der Waals surface area (Å²) in [5.74, 6) is 0.0907. The van der Waals surface area contributed by atoms with Crippen LogP contribution in [0.15, 0.2) is 24.3 Å². The molecule has 1 aromatic rings. The monoisotopic (exact) mass is 356 g/mol. The average Bonchev–Trinajstić information content (AvgIpc) is 2.58. The van der Waals surface area contributed by atoms with E-state index in [4.69, 9.17) is 0 Å². The van der Waals surface area contributed by atoms with Crippen molar-refractivity contribution in [3.05, 3.63) is 35.4 Å². The third-order valence-electron chi connectivity index (χ3n) is 4.29. The fourth-order valence-corrected chi connectivity index (χ4v) is 2.74. The van der Waals surface area contributed by atoms with E-state index in [0.717, 1.165) is 18.6 Å². The van der Waals surface area contributed by atoms with Crippen LogP contribution in [0.25, 0.3) is 0 Å². The van der Waals surface area contributed by atoms with Gasteiger partial charge in [-0.1, -0.05) is 19.9 Å². The van der Waals surface area contributed by atoms with Gasteiger partial charge < -0.3 is 9.80 Å². The summed E-state index contributed by atoms with van der Waals surface area (Å²) >= 11 is 0. The molecule has 1 heterocycles. The Labute approximate surface area is 145 Å². The summed E-state index contributed by atoms with van der Waals surface area (Å²) in [5, 5.41) is 0. The largest absolute Gasteiger partial charge is 0.416 e. The second-order valence-electron chi connectivity index (χ2n) is 6.68. The van der Waals surface area contributed by atoms with Crippen molar-refractivity contribution in [3.8, 4) is 0 Å². The molecule has 1 fully saturated rings. The first-order chi connectivity index (χ1) is 11.7. The minimum absolute atomic E-state index is 0.0226. The number of nitrogens with zero attached hydrogens (tertiary/aromatic N) is 2. The van der Waals surface area contributed by atoms with Crippen LogP contribution >= 0.6 is 0 Å².